The maximum absolute atomic E-state index is 9.81. The predicted octanol–water partition coefficient (Wildman–Crippen LogP) is -0.277. The lowest BCUT2D eigenvalue weighted by molar-refractivity contribution is 0.179. The molecule has 0 saturated heterocycles. The zero-order chi connectivity index (χ0) is 7.65. The smallest absolute Gasteiger partial charge is 0.422 e. The molecule has 0 aromatic rings. The summed E-state index contributed by atoms with van der Waals surface area (Å²) in [4.78, 5) is 9.67. The summed E-state index contributed by atoms with van der Waals surface area (Å²) in [5.41, 5.74) is 0. The van der Waals surface area contributed by atoms with Gasteiger partial charge in [-0.3, -0.25) is 4.55 Å². The first-order valence-corrected chi connectivity index (χ1v) is 3.06. The Labute approximate surface area is 57.7 Å². The molecule has 0 unspecified atom stereocenters. The molecular formula is C2H7N2O5S. The molecule has 8 heteroatoms. The SMILES string of the molecule is N.[CH2]N(C(=O)O)S(=O)(=O)O. The molecule has 10 heavy (non-hydrogen) atoms. The lowest BCUT2D eigenvalue weighted by Gasteiger charge is -2.05. The van der Waals surface area contributed by atoms with Gasteiger partial charge in [0.2, 0.25) is 0 Å². The summed E-state index contributed by atoms with van der Waals surface area (Å²) in [5, 5.41) is 7.84. The molecule has 0 atom stereocenters. The van der Waals surface area contributed by atoms with Crippen LogP contribution in [0.3, 0.4) is 0 Å². The molecule has 0 bridgehead atoms. The highest BCUT2D eigenvalue weighted by atomic mass is 32.2. The minimum atomic E-state index is -4.68. The van der Waals surface area contributed by atoms with Crippen molar-refractivity contribution in [3.05, 3.63) is 7.05 Å². The summed E-state index contributed by atoms with van der Waals surface area (Å²) in [7, 11) is -2.17. The highest BCUT2D eigenvalue weighted by molar-refractivity contribution is 7.84. The van der Waals surface area contributed by atoms with Crippen molar-refractivity contribution in [1.29, 1.82) is 0 Å². The van der Waals surface area contributed by atoms with E-state index in [2.05, 4.69) is 7.05 Å². The molecule has 0 saturated carbocycles. The zero-order valence-corrected chi connectivity index (χ0v) is 5.71. The molecule has 0 rings (SSSR count). The Hall–Kier alpha value is -0.860. The first kappa shape index (κ1) is 11.9. The van der Waals surface area contributed by atoms with Crippen molar-refractivity contribution in [1.82, 2.24) is 10.5 Å². The van der Waals surface area contributed by atoms with E-state index in [1.54, 1.807) is 0 Å². The fourth-order valence-corrected chi connectivity index (χ4v) is 0.296. The van der Waals surface area contributed by atoms with Crippen LogP contribution in [0.1, 0.15) is 0 Å². The van der Waals surface area contributed by atoms with Gasteiger partial charge < -0.3 is 11.3 Å². The predicted molar refractivity (Wildman–Crippen MR) is 31.8 cm³/mol. The Morgan fingerprint density at radius 1 is 1.50 bits per heavy atom. The van der Waals surface area contributed by atoms with E-state index in [0.29, 0.717) is 0 Å². The van der Waals surface area contributed by atoms with Crippen LogP contribution in [0.25, 0.3) is 0 Å². The summed E-state index contributed by atoms with van der Waals surface area (Å²) < 4.78 is 27.1. The van der Waals surface area contributed by atoms with Gasteiger partial charge >= 0.3 is 16.4 Å². The number of hydrogen-bond donors (Lipinski definition) is 3. The molecule has 0 aliphatic heterocycles. The summed E-state index contributed by atoms with van der Waals surface area (Å²) in [6.07, 6.45) is -1.84. The first-order valence-electron chi connectivity index (χ1n) is 1.67. The van der Waals surface area contributed by atoms with Gasteiger partial charge in [-0.15, -0.1) is 0 Å². The largest absolute Gasteiger partial charge is 0.464 e. The van der Waals surface area contributed by atoms with Gasteiger partial charge in [0.25, 0.3) is 0 Å². The Balaban J connectivity index is 0. The fraction of sp³-hybridized carbons (Fsp3) is 0. The van der Waals surface area contributed by atoms with Crippen molar-refractivity contribution in [2.75, 3.05) is 0 Å². The van der Waals surface area contributed by atoms with Crippen LogP contribution in [0.2, 0.25) is 0 Å². The van der Waals surface area contributed by atoms with E-state index in [9.17, 15) is 13.2 Å². The molecule has 0 fully saturated rings. The number of carboxylic acid groups (broad SMARTS) is 1. The van der Waals surface area contributed by atoms with E-state index in [1.807, 2.05) is 0 Å². The number of hydrogen-bond acceptors (Lipinski definition) is 4. The molecule has 0 aliphatic carbocycles. The normalized spacial score (nSPS) is 9.80. The van der Waals surface area contributed by atoms with Crippen LogP contribution < -0.4 is 6.15 Å². The van der Waals surface area contributed by atoms with E-state index in [1.165, 1.54) is 0 Å². The average Bonchev–Trinajstić information content (AvgIpc) is 1.62. The van der Waals surface area contributed by atoms with Gasteiger partial charge in [0.05, 0.1) is 7.05 Å². The summed E-state index contributed by atoms with van der Waals surface area (Å²) in [6, 6.07) is 0. The van der Waals surface area contributed by atoms with Crippen LogP contribution in [-0.2, 0) is 10.3 Å². The van der Waals surface area contributed by atoms with Crippen molar-refractivity contribution in [2.24, 2.45) is 0 Å². The van der Waals surface area contributed by atoms with Crippen molar-refractivity contribution < 1.29 is 22.9 Å². The van der Waals surface area contributed by atoms with Crippen LogP contribution in [0, 0.1) is 7.05 Å². The number of amides is 1. The lowest BCUT2D eigenvalue weighted by Crippen LogP contribution is -2.28. The van der Waals surface area contributed by atoms with E-state index in [0.717, 1.165) is 0 Å². The van der Waals surface area contributed by atoms with E-state index < -0.39 is 20.7 Å². The quantitative estimate of drug-likeness (QED) is 0.465. The van der Waals surface area contributed by atoms with Gasteiger partial charge in [0.1, 0.15) is 0 Å². The van der Waals surface area contributed by atoms with E-state index in [4.69, 9.17) is 9.66 Å². The molecule has 0 aromatic carbocycles. The highest BCUT2D eigenvalue weighted by Gasteiger charge is 2.18. The average molecular weight is 171 g/mol. The Morgan fingerprint density at radius 2 is 1.80 bits per heavy atom. The third-order valence-electron chi connectivity index (χ3n) is 0.492. The van der Waals surface area contributed by atoms with Crippen LogP contribution in [-0.4, -0.2) is 28.5 Å². The van der Waals surface area contributed by atoms with Crippen LogP contribution in [0.5, 0.6) is 0 Å². The molecule has 0 aliphatic rings. The minimum absolute atomic E-state index is 0. The van der Waals surface area contributed by atoms with E-state index in [-0.39, 0.29) is 6.15 Å². The lowest BCUT2D eigenvalue weighted by atomic mass is 11.1. The number of carbonyl (C=O) groups is 1. The maximum Gasteiger partial charge on any atom is 0.422 e. The van der Waals surface area contributed by atoms with Gasteiger partial charge in [-0.25, -0.2) is 4.79 Å². The molecular weight excluding hydrogens is 164 g/mol. The molecule has 5 N–H and O–H groups in total. The molecule has 1 amide bonds. The van der Waals surface area contributed by atoms with Gasteiger partial charge in [-0.2, -0.15) is 12.7 Å². The van der Waals surface area contributed by atoms with Gasteiger partial charge in [0.15, 0.2) is 0 Å². The maximum atomic E-state index is 9.81. The van der Waals surface area contributed by atoms with Crippen LogP contribution >= 0.6 is 0 Å². The second-order valence-electron chi connectivity index (χ2n) is 1.11. The standard InChI is InChI=1S/C2H4NO5S.H3N/c1-3(2(4)5)9(6,7)8;/h1H2,(H,4,5)(H,6,7,8);1H3. The van der Waals surface area contributed by atoms with E-state index >= 15 is 0 Å². The Morgan fingerprint density at radius 3 is 1.80 bits per heavy atom. The molecule has 7 nitrogen and oxygen atoms in total. The second kappa shape index (κ2) is 3.34. The number of nitrogens with zero attached hydrogens (tertiary/aromatic N) is 1. The van der Waals surface area contributed by atoms with Crippen molar-refractivity contribution in [3.8, 4) is 0 Å². The van der Waals surface area contributed by atoms with Gasteiger partial charge in [0, 0.05) is 0 Å². The third-order valence-corrected chi connectivity index (χ3v) is 1.21. The molecule has 1 radical (unpaired) electrons. The van der Waals surface area contributed by atoms with Crippen LogP contribution in [0.4, 0.5) is 4.79 Å². The van der Waals surface area contributed by atoms with Crippen molar-refractivity contribution in [3.63, 3.8) is 0 Å². The molecule has 61 valence electrons. The first-order chi connectivity index (χ1) is 3.85. The third kappa shape index (κ3) is 3.22. The zero-order valence-electron chi connectivity index (χ0n) is 4.89. The van der Waals surface area contributed by atoms with Crippen molar-refractivity contribution in [2.45, 2.75) is 0 Å². The summed E-state index contributed by atoms with van der Waals surface area (Å²) >= 11 is 0. The van der Waals surface area contributed by atoms with Gasteiger partial charge in [-0.1, -0.05) is 0 Å². The Bertz CT molecular complexity index is 208. The highest BCUT2D eigenvalue weighted by Crippen LogP contribution is 1.92. The summed E-state index contributed by atoms with van der Waals surface area (Å²) in [6.45, 7) is 0. The Kier molecular flexibility index (Phi) is 3.97. The number of rotatable bonds is 1. The second-order valence-corrected chi connectivity index (χ2v) is 2.45. The molecule has 0 aromatic heterocycles. The summed E-state index contributed by atoms with van der Waals surface area (Å²) in [5.74, 6) is 0. The van der Waals surface area contributed by atoms with Crippen LogP contribution in [0.15, 0.2) is 0 Å². The van der Waals surface area contributed by atoms with Crippen molar-refractivity contribution >= 4 is 16.4 Å². The minimum Gasteiger partial charge on any atom is -0.464 e. The topological polar surface area (TPSA) is 130 Å². The van der Waals surface area contributed by atoms with Gasteiger partial charge in [-0.05, 0) is 0 Å². The molecule has 0 heterocycles. The fourth-order valence-electron chi connectivity index (χ4n) is 0.0987. The monoisotopic (exact) mass is 171 g/mol. The molecule has 0 spiro atoms.